The molecule has 1 aliphatic rings. The van der Waals surface area contributed by atoms with Crippen molar-refractivity contribution in [3.8, 4) is 0 Å². The van der Waals surface area contributed by atoms with Crippen LogP contribution in [-0.4, -0.2) is 68.1 Å². The lowest BCUT2D eigenvalue weighted by atomic mass is 9.67. The quantitative estimate of drug-likeness (QED) is 0.307. The van der Waals surface area contributed by atoms with Crippen LogP contribution >= 0.6 is 0 Å². The molecule has 1 fully saturated rings. The summed E-state index contributed by atoms with van der Waals surface area (Å²) in [5.74, 6) is -0.767. The molecule has 0 saturated carbocycles. The third kappa shape index (κ3) is 5.18. The fourth-order valence-corrected chi connectivity index (χ4v) is 5.51. The van der Waals surface area contributed by atoms with E-state index in [1.165, 1.54) is 0 Å². The first-order chi connectivity index (χ1) is 18.1. The largest absolute Gasteiger partial charge is 0.390 e. The minimum Gasteiger partial charge on any atom is -0.390 e. The predicted molar refractivity (Wildman–Crippen MR) is 142 cm³/mol. The Balaban J connectivity index is 1.86. The first-order valence-electron chi connectivity index (χ1n) is 12.9. The van der Waals surface area contributed by atoms with Gasteiger partial charge in [0.1, 0.15) is 17.3 Å². The molecule has 0 bridgehead atoms. The molecule has 3 aromatic carbocycles. The van der Waals surface area contributed by atoms with Crippen molar-refractivity contribution in [1.29, 1.82) is 0 Å². The lowest BCUT2D eigenvalue weighted by molar-refractivity contribution is -0.227. The van der Waals surface area contributed by atoms with E-state index < -0.39 is 41.1 Å². The van der Waals surface area contributed by atoms with Crippen molar-refractivity contribution in [3.05, 3.63) is 108 Å². The van der Waals surface area contributed by atoms with E-state index >= 15 is 0 Å². The highest BCUT2D eigenvalue weighted by Crippen LogP contribution is 2.49. The number of carbonyl (C=O) groups is 1. The molecule has 2 unspecified atom stereocenters. The molecule has 3 aromatic rings. The van der Waals surface area contributed by atoms with Crippen molar-refractivity contribution in [2.45, 2.75) is 68.4 Å². The standard InChI is InChI=1S/C31H36O7/c1-3-37-28-31(36,22(2)32)30(35,21-25-17-11-6-12-18-25)27(38-28)29(34,20-24-15-9-5-10-16-24)26(33)19-23-13-7-4-8-14-23/h4-18,26-28,33-36H,3,19-21H2,1-2H3/t26?,27-,28?,29-,30+,31+/m1/s1. The Hall–Kier alpha value is -2.91. The number of ketones is 1. The second-order valence-electron chi connectivity index (χ2n) is 10.1. The number of benzene rings is 3. The van der Waals surface area contributed by atoms with Gasteiger partial charge in [-0.1, -0.05) is 91.0 Å². The molecule has 0 aliphatic carbocycles. The van der Waals surface area contributed by atoms with Gasteiger partial charge in [0.25, 0.3) is 0 Å². The lowest BCUT2D eigenvalue weighted by Crippen LogP contribution is -2.70. The molecule has 0 spiro atoms. The third-order valence-corrected chi connectivity index (χ3v) is 7.50. The van der Waals surface area contributed by atoms with Crippen molar-refractivity contribution in [2.75, 3.05) is 6.61 Å². The molecule has 1 heterocycles. The highest BCUT2D eigenvalue weighted by atomic mass is 16.7. The molecular weight excluding hydrogens is 484 g/mol. The molecule has 4 rings (SSSR count). The minimum absolute atomic E-state index is 0.0449. The summed E-state index contributed by atoms with van der Waals surface area (Å²) in [5.41, 5.74) is -4.93. The van der Waals surface area contributed by atoms with Gasteiger partial charge < -0.3 is 29.9 Å². The number of ether oxygens (including phenoxy) is 2. The molecule has 0 radical (unpaired) electrons. The van der Waals surface area contributed by atoms with E-state index in [2.05, 4.69) is 0 Å². The number of hydrogen-bond donors (Lipinski definition) is 4. The van der Waals surface area contributed by atoms with Crippen molar-refractivity contribution in [3.63, 3.8) is 0 Å². The second-order valence-corrected chi connectivity index (χ2v) is 10.1. The number of rotatable bonds is 11. The molecule has 4 N–H and O–H groups in total. The second kappa shape index (κ2) is 11.5. The normalized spacial score (nSPS) is 27.5. The molecule has 38 heavy (non-hydrogen) atoms. The zero-order chi connectivity index (χ0) is 27.4. The Kier molecular flexibility index (Phi) is 8.47. The van der Waals surface area contributed by atoms with Gasteiger partial charge in [0.15, 0.2) is 12.1 Å². The predicted octanol–water partition coefficient (Wildman–Crippen LogP) is 2.62. The van der Waals surface area contributed by atoms with E-state index in [-0.39, 0.29) is 25.9 Å². The fraction of sp³-hybridized carbons (Fsp3) is 0.387. The molecule has 0 aromatic heterocycles. The topological polar surface area (TPSA) is 116 Å². The van der Waals surface area contributed by atoms with Gasteiger partial charge in [-0.25, -0.2) is 0 Å². The van der Waals surface area contributed by atoms with E-state index in [0.29, 0.717) is 11.1 Å². The molecule has 202 valence electrons. The van der Waals surface area contributed by atoms with Crippen molar-refractivity contribution in [1.82, 2.24) is 0 Å². The van der Waals surface area contributed by atoms with Gasteiger partial charge in [0, 0.05) is 25.9 Å². The Morgan fingerprint density at radius 1 is 0.921 bits per heavy atom. The molecule has 1 saturated heterocycles. The van der Waals surface area contributed by atoms with Crippen LogP contribution in [0.3, 0.4) is 0 Å². The van der Waals surface area contributed by atoms with Crippen molar-refractivity contribution in [2.24, 2.45) is 0 Å². The summed E-state index contributed by atoms with van der Waals surface area (Å²) in [6.07, 6.45) is -4.89. The first kappa shape index (κ1) is 28.1. The van der Waals surface area contributed by atoms with E-state index in [1.54, 1.807) is 55.5 Å². The van der Waals surface area contributed by atoms with Crippen LogP contribution < -0.4 is 0 Å². The maximum absolute atomic E-state index is 13.0. The lowest BCUT2D eigenvalue weighted by Gasteiger charge is -2.46. The zero-order valence-electron chi connectivity index (χ0n) is 21.7. The molecule has 0 amide bonds. The van der Waals surface area contributed by atoms with Crippen LogP contribution in [-0.2, 0) is 33.5 Å². The average molecular weight is 521 g/mol. The Morgan fingerprint density at radius 2 is 1.42 bits per heavy atom. The highest BCUT2D eigenvalue weighted by Gasteiger charge is 2.73. The maximum atomic E-state index is 13.0. The van der Waals surface area contributed by atoms with Gasteiger partial charge in [-0.3, -0.25) is 4.79 Å². The van der Waals surface area contributed by atoms with Gasteiger partial charge in [-0.15, -0.1) is 0 Å². The van der Waals surface area contributed by atoms with Crippen LogP contribution in [0.1, 0.15) is 30.5 Å². The Labute approximate surface area is 223 Å². The summed E-state index contributed by atoms with van der Waals surface area (Å²) in [5, 5.41) is 48.3. The highest BCUT2D eigenvalue weighted by molar-refractivity contribution is 5.87. The minimum atomic E-state index is -2.51. The number of carbonyl (C=O) groups excluding carboxylic acids is 1. The van der Waals surface area contributed by atoms with Crippen LogP contribution in [0.25, 0.3) is 0 Å². The number of aliphatic hydroxyl groups excluding tert-OH is 1. The van der Waals surface area contributed by atoms with Crippen molar-refractivity contribution < 1.29 is 34.7 Å². The van der Waals surface area contributed by atoms with Gasteiger partial charge in [0.2, 0.25) is 5.60 Å². The zero-order valence-corrected chi connectivity index (χ0v) is 21.7. The molecule has 7 nitrogen and oxygen atoms in total. The summed E-state index contributed by atoms with van der Waals surface area (Å²) in [7, 11) is 0. The molecular formula is C31H36O7. The first-order valence-corrected chi connectivity index (χ1v) is 12.9. The molecule has 1 aliphatic heterocycles. The van der Waals surface area contributed by atoms with Crippen LogP contribution in [0.15, 0.2) is 91.0 Å². The van der Waals surface area contributed by atoms with Crippen molar-refractivity contribution >= 4 is 5.78 Å². The van der Waals surface area contributed by atoms with Crippen LogP contribution in [0.2, 0.25) is 0 Å². The summed E-state index contributed by atoms with van der Waals surface area (Å²) in [4.78, 5) is 13.0. The summed E-state index contributed by atoms with van der Waals surface area (Å²) < 4.78 is 11.8. The third-order valence-electron chi connectivity index (χ3n) is 7.50. The van der Waals surface area contributed by atoms with Crippen LogP contribution in [0, 0.1) is 0 Å². The molecule has 7 heteroatoms. The summed E-state index contributed by atoms with van der Waals surface area (Å²) in [6.45, 7) is 2.91. The monoisotopic (exact) mass is 520 g/mol. The van der Waals surface area contributed by atoms with Crippen LogP contribution in [0.5, 0.6) is 0 Å². The molecule has 6 atom stereocenters. The summed E-state index contributed by atoms with van der Waals surface area (Å²) in [6, 6.07) is 27.1. The van der Waals surface area contributed by atoms with E-state index in [0.717, 1.165) is 12.5 Å². The number of aliphatic hydroxyl groups is 4. The Bertz CT molecular complexity index is 1190. The number of Topliss-reactive ketones (excluding diaryl/α,β-unsaturated/α-hetero) is 1. The van der Waals surface area contributed by atoms with Gasteiger partial charge in [0.05, 0.1) is 6.10 Å². The fourth-order valence-electron chi connectivity index (χ4n) is 5.51. The van der Waals surface area contributed by atoms with Gasteiger partial charge in [-0.2, -0.15) is 0 Å². The van der Waals surface area contributed by atoms with Gasteiger partial charge in [-0.05, 0) is 30.5 Å². The van der Waals surface area contributed by atoms with E-state index in [4.69, 9.17) is 9.47 Å². The smallest absolute Gasteiger partial charge is 0.205 e. The van der Waals surface area contributed by atoms with Crippen LogP contribution in [0.4, 0.5) is 0 Å². The number of hydrogen-bond acceptors (Lipinski definition) is 7. The summed E-state index contributed by atoms with van der Waals surface area (Å²) >= 11 is 0. The van der Waals surface area contributed by atoms with E-state index in [9.17, 15) is 25.2 Å². The van der Waals surface area contributed by atoms with Gasteiger partial charge >= 0.3 is 0 Å². The SMILES string of the molecule is CCOC1O[C@H]([C@@](O)(Cc2ccccc2)C(O)Cc2ccccc2)[C@@](O)(Cc2ccccc2)[C@]1(O)C(C)=O. The average Bonchev–Trinajstić information content (AvgIpc) is 3.13. The maximum Gasteiger partial charge on any atom is 0.205 e. The van der Waals surface area contributed by atoms with E-state index in [1.807, 2.05) is 42.5 Å². The Morgan fingerprint density at radius 3 is 1.92 bits per heavy atom.